The van der Waals surface area contributed by atoms with E-state index in [2.05, 4.69) is 20.1 Å². The Balaban J connectivity index is 1.60. The smallest absolute Gasteiger partial charge is 0.293 e. The minimum atomic E-state index is -1.36. The van der Waals surface area contributed by atoms with Gasteiger partial charge in [0.25, 0.3) is 5.91 Å². The molecular formula is C20H19ClN6O3. The Bertz CT molecular complexity index is 1220. The summed E-state index contributed by atoms with van der Waals surface area (Å²) in [5.74, 6) is -0.558. The molecule has 0 aliphatic carbocycles. The van der Waals surface area contributed by atoms with Crippen LogP contribution in [0.4, 0.5) is 0 Å². The Hall–Kier alpha value is -3.17. The number of imidazole rings is 1. The summed E-state index contributed by atoms with van der Waals surface area (Å²) in [5.41, 5.74) is 1.92. The minimum absolute atomic E-state index is 0.0161. The van der Waals surface area contributed by atoms with Gasteiger partial charge in [-0.05, 0) is 32.0 Å². The van der Waals surface area contributed by atoms with E-state index in [1.165, 1.54) is 13.8 Å². The van der Waals surface area contributed by atoms with E-state index in [4.69, 9.17) is 16.0 Å². The van der Waals surface area contributed by atoms with E-state index in [0.717, 1.165) is 16.9 Å². The maximum atomic E-state index is 13.4. The number of halogens is 1. The number of carbonyl (C=O) groups excluding carboxylic acids is 1. The second-order valence-corrected chi connectivity index (χ2v) is 8.11. The molecule has 1 amide bonds. The zero-order valence-electron chi connectivity index (χ0n) is 16.3. The second-order valence-electron chi connectivity index (χ2n) is 7.75. The fourth-order valence-corrected chi connectivity index (χ4v) is 3.91. The summed E-state index contributed by atoms with van der Waals surface area (Å²) in [7, 11) is 0. The number of nitrogens with one attached hydrogen (secondary N) is 1. The number of aromatic amines is 1. The predicted molar refractivity (Wildman–Crippen MR) is 107 cm³/mol. The molecule has 1 aliphatic rings. The number of aromatic nitrogens is 5. The zero-order valence-corrected chi connectivity index (χ0v) is 17.1. The SMILES string of the molecule is CC(C)(O)c1nc(Cl)c(C(=O)N2CCc3[nH]cnc3[C@H]2c2cc3ccccn3n2)o1. The van der Waals surface area contributed by atoms with Crippen LogP contribution in [0.1, 0.15) is 53.4 Å². The van der Waals surface area contributed by atoms with Gasteiger partial charge in [0.2, 0.25) is 11.7 Å². The number of hydrogen-bond acceptors (Lipinski definition) is 6. The van der Waals surface area contributed by atoms with Gasteiger partial charge in [-0.15, -0.1) is 0 Å². The van der Waals surface area contributed by atoms with Crippen LogP contribution in [0.25, 0.3) is 5.52 Å². The summed E-state index contributed by atoms with van der Waals surface area (Å²) in [4.78, 5) is 26.7. The summed E-state index contributed by atoms with van der Waals surface area (Å²) in [6.45, 7) is 3.45. The van der Waals surface area contributed by atoms with E-state index in [-0.39, 0.29) is 16.8 Å². The van der Waals surface area contributed by atoms with E-state index < -0.39 is 17.6 Å². The molecule has 5 heterocycles. The molecule has 0 saturated carbocycles. The molecule has 0 fully saturated rings. The van der Waals surface area contributed by atoms with Crippen molar-refractivity contribution in [2.24, 2.45) is 0 Å². The topological polar surface area (TPSA) is 113 Å². The van der Waals surface area contributed by atoms with Crippen molar-refractivity contribution in [3.63, 3.8) is 0 Å². The Labute approximate surface area is 176 Å². The average Bonchev–Trinajstić information content (AvgIpc) is 3.43. The highest BCUT2D eigenvalue weighted by Gasteiger charge is 2.39. The molecule has 5 rings (SSSR count). The highest BCUT2D eigenvalue weighted by atomic mass is 35.5. The maximum absolute atomic E-state index is 13.4. The molecule has 0 unspecified atom stereocenters. The molecule has 10 heteroatoms. The van der Waals surface area contributed by atoms with Crippen molar-refractivity contribution >= 4 is 23.0 Å². The third-order valence-electron chi connectivity index (χ3n) is 5.16. The number of amides is 1. The number of aliphatic hydroxyl groups is 1. The van der Waals surface area contributed by atoms with E-state index >= 15 is 0 Å². The van der Waals surface area contributed by atoms with Crippen molar-refractivity contribution < 1.29 is 14.3 Å². The number of hydrogen-bond donors (Lipinski definition) is 2. The van der Waals surface area contributed by atoms with E-state index in [0.29, 0.717) is 18.7 Å². The highest BCUT2D eigenvalue weighted by Crippen LogP contribution is 2.35. The molecule has 4 aromatic heterocycles. The lowest BCUT2D eigenvalue weighted by Crippen LogP contribution is -2.41. The van der Waals surface area contributed by atoms with Crippen molar-refractivity contribution in [2.45, 2.75) is 31.9 Å². The molecule has 0 bridgehead atoms. The molecule has 0 radical (unpaired) electrons. The predicted octanol–water partition coefficient (Wildman–Crippen LogP) is 2.71. The third-order valence-corrected chi connectivity index (χ3v) is 5.41. The molecule has 0 saturated heterocycles. The van der Waals surface area contributed by atoms with Crippen LogP contribution in [0.5, 0.6) is 0 Å². The Morgan fingerprint density at radius 2 is 2.23 bits per heavy atom. The largest absolute Gasteiger partial charge is 0.431 e. The van der Waals surface area contributed by atoms with Gasteiger partial charge in [0.1, 0.15) is 11.6 Å². The lowest BCUT2D eigenvalue weighted by Gasteiger charge is -2.33. The van der Waals surface area contributed by atoms with Crippen molar-refractivity contribution in [1.82, 2.24) is 29.5 Å². The summed E-state index contributed by atoms with van der Waals surface area (Å²) < 4.78 is 7.33. The van der Waals surface area contributed by atoms with Gasteiger partial charge in [-0.2, -0.15) is 10.1 Å². The number of carbonyl (C=O) groups is 1. The maximum Gasteiger partial charge on any atom is 0.293 e. The monoisotopic (exact) mass is 426 g/mol. The molecule has 0 aromatic carbocycles. The molecule has 30 heavy (non-hydrogen) atoms. The van der Waals surface area contributed by atoms with E-state index in [1.807, 2.05) is 30.5 Å². The van der Waals surface area contributed by atoms with Crippen molar-refractivity contribution in [3.05, 3.63) is 70.7 Å². The van der Waals surface area contributed by atoms with Crippen LogP contribution in [0.2, 0.25) is 5.15 Å². The Morgan fingerprint density at radius 3 is 2.97 bits per heavy atom. The highest BCUT2D eigenvalue weighted by molar-refractivity contribution is 6.32. The van der Waals surface area contributed by atoms with Crippen LogP contribution >= 0.6 is 11.6 Å². The molecule has 4 aromatic rings. The van der Waals surface area contributed by atoms with Crippen LogP contribution < -0.4 is 0 Å². The van der Waals surface area contributed by atoms with Crippen molar-refractivity contribution in [3.8, 4) is 0 Å². The summed E-state index contributed by atoms with van der Waals surface area (Å²) >= 11 is 6.20. The lowest BCUT2D eigenvalue weighted by atomic mass is 9.99. The summed E-state index contributed by atoms with van der Waals surface area (Å²) in [6, 6.07) is 7.18. The fourth-order valence-electron chi connectivity index (χ4n) is 3.71. The van der Waals surface area contributed by atoms with Crippen LogP contribution in [-0.2, 0) is 12.0 Å². The van der Waals surface area contributed by atoms with Gasteiger partial charge in [-0.3, -0.25) is 4.79 Å². The van der Waals surface area contributed by atoms with Gasteiger partial charge in [0.15, 0.2) is 5.15 Å². The van der Waals surface area contributed by atoms with Crippen LogP contribution in [0.15, 0.2) is 41.2 Å². The number of oxazole rings is 1. The van der Waals surface area contributed by atoms with Crippen LogP contribution in [0, 0.1) is 0 Å². The van der Waals surface area contributed by atoms with Crippen molar-refractivity contribution in [2.75, 3.05) is 6.54 Å². The number of H-pyrrole nitrogens is 1. The molecule has 154 valence electrons. The first-order valence-corrected chi connectivity index (χ1v) is 9.87. The molecule has 1 aliphatic heterocycles. The van der Waals surface area contributed by atoms with Gasteiger partial charge >= 0.3 is 0 Å². The fraction of sp³-hybridized carbons (Fsp3) is 0.300. The zero-order chi connectivity index (χ0) is 21.0. The first-order chi connectivity index (χ1) is 14.3. The molecule has 2 N–H and O–H groups in total. The number of pyridine rings is 1. The van der Waals surface area contributed by atoms with Gasteiger partial charge in [0.05, 0.1) is 23.2 Å². The molecule has 1 atom stereocenters. The Kier molecular flexibility index (Phi) is 4.19. The summed E-state index contributed by atoms with van der Waals surface area (Å²) in [5, 5.41) is 14.7. The van der Waals surface area contributed by atoms with Crippen LogP contribution in [0.3, 0.4) is 0 Å². The minimum Gasteiger partial charge on any atom is -0.431 e. The first kappa shape index (κ1) is 18.8. The van der Waals surface area contributed by atoms with Gasteiger partial charge < -0.3 is 19.4 Å². The number of rotatable bonds is 3. The summed E-state index contributed by atoms with van der Waals surface area (Å²) in [6.07, 6.45) is 4.08. The van der Waals surface area contributed by atoms with Crippen molar-refractivity contribution in [1.29, 1.82) is 0 Å². The third kappa shape index (κ3) is 2.98. The van der Waals surface area contributed by atoms with Gasteiger partial charge in [0, 0.05) is 24.9 Å². The average molecular weight is 427 g/mol. The van der Waals surface area contributed by atoms with E-state index in [1.54, 1.807) is 15.7 Å². The first-order valence-electron chi connectivity index (χ1n) is 9.49. The molecule has 0 spiro atoms. The quantitative estimate of drug-likeness (QED) is 0.520. The lowest BCUT2D eigenvalue weighted by molar-refractivity contribution is 0.0440. The Morgan fingerprint density at radius 1 is 1.40 bits per heavy atom. The standard InChI is InChI=1S/C20H19ClN6O3/c1-20(2,29)19-24-17(21)16(30-19)18(28)26-8-6-12-14(23-10-22-12)15(26)13-9-11-5-3-4-7-27(11)25-13/h3-5,7,9-10,15,29H,6,8H2,1-2H3,(H,22,23)/t15-/m1/s1. The number of fused-ring (bicyclic) bond motifs is 2. The van der Waals surface area contributed by atoms with Gasteiger partial charge in [-0.25, -0.2) is 9.50 Å². The number of nitrogens with zero attached hydrogens (tertiary/aromatic N) is 5. The van der Waals surface area contributed by atoms with Crippen LogP contribution in [-0.4, -0.2) is 47.0 Å². The van der Waals surface area contributed by atoms with E-state index in [9.17, 15) is 9.90 Å². The van der Waals surface area contributed by atoms with Gasteiger partial charge in [-0.1, -0.05) is 17.7 Å². The molecule has 9 nitrogen and oxygen atoms in total. The second kappa shape index (κ2) is 6.68. The molecular weight excluding hydrogens is 408 g/mol. The normalized spacial score (nSPS) is 16.8.